The van der Waals surface area contributed by atoms with Crippen molar-refractivity contribution in [1.82, 2.24) is 4.57 Å². The molecule has 2 nitrogen and oxygen atoms in total. The average Bonchev–Trinajstić information content (AvgIpc) is 3.55. The van der Waals surface area contributed by atoms with E-state index in [1.54, 1.807) is 0 Å². The van der Waals surface area contributed by atoms with Crippen molar-refractivity contribution in [1.29, 1.82) is 0 Å². The number of rotatable bonds is 4. The molecule has 0 spiro atoms. The number of nitrogens with zero attached hydrogens (tertiary/aromatic N) is 2. The molecule has 208 valence electrons. The minimum atomic E-state index is 0.372. The molecule has 43 heavy (non-hydrogen) atoms. The number of imidazole rings is 1. The highest BCUT2D eigenvalue weighted by Gasteiger charge is 2.32. The minimum absolute atomic E-state index is 0.372. The minimum Gasteiger partial charge on any atom is -0.225 e. The Morgan fingerprint density at radius 3 is 2.26 bits per heavy atom. The molecule has 0 N–H and O–H groups in total. The van der Waals surface area contributed by atoms with E-state index in [1.165, 1.54) is 81.3 Å². The maximum absolute atomic E-state index is 2.55. The summed E-state index contributed by atoms with van der Waals surface area (Å²) in [6.07, 6.45) is 0. The summed E-state index contributed by atoms with van der Waals surface area (Å²) in [7, 11) is 2.23. The topological polar surface area (TPSA) is 8.81 Å². The normalized spacial score (nSPS) is 11.9. The molecule has 0 unspecified atom stereocenters. The molecule has 0 saturated heterocycles. The van der Waals surface area contributed by atoms with E-state index in [0.717, 1.165) is 0 Å². The van der Waals surface area contributed by atoms with Crippen LogP contribution in [0.15, 0.2) is 121 Å². The molecule has 0 radical (unpaired) electrons. The van der Waals surface area contributed by atoms with Gasteiger partial charge in [-0.05, 0) is 53.1 Å². The van der Waals surface area contributed by atoms with Crippen LogP contribution in [0.25, 0.3) is 70.2 Å². The van der Waals surface area contributed by atoms with Crippen molar-refractivity contribution in [2.24, 2.45) is 7.05 Å². The lowest BCUT2D eigenvalue weighted by molar-refractivity contribution is -0.633. The molecule has 2 aromatic heterocycles. The van der Waals surface area contributed by atoms with E-state index in [-0.39, 0.29) is 0 Å². The summed E-state index contributed by atoms with van der Waals surface area (Å²) in [4.78, 5) is 0. The molecule has 0 saturated carbocycles. The van der Waals surface area contributed by atoms with Crippen LogP contribution in [-0.2, 0) is 7.05 Å². The number of hydrogen-bond acceptors (Lipinski definition) is 1. The van der Waals surface area contributed by atoms with Crippen molar-refractivity contribution in [2.45, 2.75) is 26.7 Å². The maximum Gasteiger partial charge on any atom is 0.296 e. The van der Waals surface area contributed by atoms with Gasteiger partial charge in [0.1, 0.15) is 5.69 Å². The van der Waals surface area contributed by atoms with Gasteiger partial charge < -0.3 is 0 Å². The Hall–Kier alpha value is -4.73. The van der Waals surface area contributed by atoms with Gasteiger partial charge in [-0.1, -0.05) is 117 Å². The summed E-state index contributed by atoms with van der Waals surface area (Å²) in [5, 5.41) is 5.18. The molecule has 0 aliphatic carbocycles. The Morgan fingerprint density at radius 2 is 1.42 bits per heavy atom. The Morgan fingerprint density at radius 1 is 0.674 bits per heavy atom. The maximum atomic E-state index is 2.55. The fourth-order valence-corrected chi connectivity index (χ4v) is 8.17. The van der Waals surface area contributed by atoms with Gasteiger partial charge in [0.15, 0.2) is 11.0 Å². The Kier molecular flexibility index (Phi) is 5.99. The first-order chi connectivity index (χ1) is 21.0. The van der Waals surface area contributed by atoms with E-state index in [2.05, 4.69) is 158 Å². The quantitative estimate of drug-likeness (QED) is 0.185. The van der Waals surface area contributed by atoms with E-state index >= 15 is 0 Å². The van der Waals surface area contributed by atoms with E-state index in [4.69, 9.17) is 0 Å². The van der Waals surface area contributed by atoms with E-state index in [9.17, 15) is 0 Å². The zero-order valence-electron chi connectivity index (χ0n) is 24.9. The number of hydrogen-bond donors (Lipinski definition) is 0. The summed E-state index contributed by atoms with van der Waals surface area (Å²) in [5.41, 5.74) is 10.2. The third-order valence-corrected chi connectivity index (χ3v) is 10.2. The molecule has 3 heteroatoms. The van der Waals surface area contributed by atoms with Gasteiger partial charge in [0.05, 0.1) is 17.3 Å². The van der Waals surface area contributed by atoms with Crippen LogP contribution in [0.1, 0.15) is 30.9 Å². The van der Waals surface area contributed by atoms with Crippen LogP contribution in [-0.4, -0.2) is 4.57 Å². The van der Waals surface area contributed by atoms with Gasteiger partial charge in [-0.2, -0.15) is 4.57 Å². The number of thiophene rings is 1. The molecule has 0 aliphatic heterocycles. The highest BCUT2D eigenvalue weighted by molar-refractivity contribution is 7.26. The van der Waals surface area contributed by atoms with Crippen molar-refractivity contribution in [3.8, 4) is 28.2 Å². The number of para-hydroxylation sites is 2. The van der Waals surface area contributed by atoms with Crippen molar-refractivity contribution in [2.75, 3.05) is 0 Å². The fourth-order valence-electron chi connectivity index (χ4n) is 6.83. The molecule has 0 amide bonds. The van der Waals surface area contributed by atoms with Crippen LogP contribution < -0.4 is 4.57 Å². The highest BCUT2D eigenvalue weighted by Crippen LogP contribution is 2.44. The van der Waals surface area contributed by atoms with Crippen molar-refractivity contribution in [3.63, 3.8) is 0 Å². The molecule has 6 aromatic carbocycles. The Bertz CT molecular complexity index is 2340. The van der Waals surface area contributed by atoms with Crippen molar-refractivity contribution in [3.05, 3.63) is 132 Å². The van der Waals surface area contributed by atoms with Gasteiger partial charge in [-0.25, -0.2) is 4.57 Å². The van der Waals surface area contributed by atoms with Gasteiger partial charge in [-0.3, -0.25) is 0 Å². The zero-order chi connectivity index (χ0) is 29.2. The SMILES string of the molecule is Cc1ccc2c(sc3cc(-c4ccccc4)ccc32)c1-c1n(-c2c(C(C)C)ccc3ccccc23)c2ccccc2[n+]1C. The lowest BCUT2D eigenvalue weighted by Gasteiger charge is -2.16. The smallest absolute Gasteiger partial charge is 0.225 e. The predicted molar refractivity (Wildman–Crippen MR) is 185 cm³/mol. The molecule has 2 heterocycles. The van der Waals surface area contributed by atoms with Gasteiger partial charge in [0.2, 0.25) is 0 Å². The first kappa shape index (κ1) is 25.9. The third-order valence-electron chi connectivity index (χ3n) is 8.97. The van der Waals surface area contributed by atoms with Crippen LogP contribution >= 0.6 is 11.3 Å². The van der Waals surface area contributed by atoms with Gasteiger partial charge in [0, 0.05) is 26.4 Å². The lowest BCUT2D eigenvalue weighted by Crippen LogP contribution is -2.30. The lowest BCUT2D eigenvalue weighted by atomic mass is 9.95. The highest BCUT2D eigenvalue weighted by atomic mass is 32.1. The van der Waals surface area contributed by atoms with Crippen LogP contribution in [0.2, 0.25) is 0 Å². The van der Waals surface area contributed by atoms with Crippen molar-refractivity contribution >= 4 is 53.3 Å². The number of aryl methyl sites for hydroxylation is 2. The molecule has 0 aliphatic rings. The monoisotopic (exact) mass is 573 g/mol. The predicted octanol–water partition coefficient (Wildman–Crippen LogP) is 10.7. The Balaban J connectivity index is 1.50. The molecule has 8 rings (SSSR count). The molecular weight excluding hydrogens is 541 g/mol. The first-order valence-electron chi connectivity index (χ1n) is 15.0. The summed E-state index contributed by atoms with van der Waals surface area (Å²) in [6, 6.07) is 44.6. The average molecular weight is 574 g/mol. The Labute approximate surface area is 256 Å². The number of benzene rings is 6. The molecule has 8 aromatic rings. The molecule has 0 fully saturated rings. The van der Waals surface area contributed by atoms with Crippen molar-refractivity contribution < 1.29 is 4.57 Å². The standard InChI is InChI=1S/C40H33N2S/c1-25(2)30-22-19-28-14-8-9-15-31(28)38(30)42-35-17-11-10-16-34(35)41(4)40(42)37-26(3)18-21-33-32-23-20-29(24-36(32)43-39(33)37)27-12-6-5-7-13-27/h5-25H,1-4H3/q+1. The summed E-state index contributed by atoms with van der Waals surface area (Å²) in [5.74, 6) is 1.59. The first-order valence-corrected chi connectivity index (χ1v) is 15.9. The zero-order valence-corrected chi connectivity index (χ0v) is 25.7. The summed E-state index contributed by atoms with van der Waals surface area (Å²) in [6.45, 7) is 6.88. The number of fused-ring (bicyclic) bond motifs is 5. The molecular formula is C40H33N2S+. The van der Waals surface area contributed by atoms with Crippen LogP contribution in [0.3, 0.4) is 0 Å². The van der Waals surface area contributed by atoms with Gasteiger partial charge in [-0.15, -0.1) is 11.3 Å². The summed E-state index contributed by atoms with van der Waals surface area (Å²) >= 11 is 1.92. The number of aromatic nitrogens is 2. The van der Waals surface area contributed by atoms with Crippen LogP contribution in [0, 0.1) is 6.92 Å². The largest absolute Gasteiger partial charge is 0.296 e. The van der Waals surface area contributed by atoms with E-state index in [0.29, 0.717) is 5.92 Å². The van der Waals surface area contributed by atoms with Crippen LogP contribution in [0.5, 0.6) is 0 Å². The van der Waals surface area contributed by atoms with Gasteiger partial charge >= 0.3 is 0 Å². The molecule has 0 bridgehead atoms. The molecule has 0 atom stereocenters. The second-order valence-corrected chi connectivity index (χ2v) is 13.0. The van der Waals surface area contributed by atoms with E-state index < -0.39 is 0 Å². The fraction of sp³-hybridized carbons (Fsp3) is 0.125. The second-order valence-electron chi connectivity index (χ2n) is 11.9. The van der Waals surface area contributed by atoms with E-state index in [1.807, 2.05) is 11.3 Å². The summed E-state index contributed by atoms with van der Waals surface area (Å²) < 4.78 is 7.62. The second kappa shape index (κ2) is 9.93. The third kappa shape index (κ3) is 3.96. The van der Waals surface area contributed by atoms with Crippen LogP contribution in [0.4, 0.5) is 0 Å². The van der Waals surface area contributed by atoms with Gasteiger partial charge in [0.25, 0.3) is 5.82 Å².